The van der Waals surface area contributed by atoms with Crippen molar-refractivity contribution in [3.05, 3.63) is 35.1 Å². The maximum atomic E-state index is 14.0. The van der Waals surface area contributed by atoms with Crippen LogP contribution in [0.1, 0.15) is 37.9 Å². The minimum absolute atomic E-state index is 0.203. The van der Waals surface area contributed by atoms with Crippen LogP contribution in [0.2, 0.25) is 0 Å². The summed E-state index contributed by atoms with van der Waals surface area (Å²) in [6.07, 6.45) is -0.345. The van der Waals surface area contributed by atoms with Gasteiger partial charge in [0.25, 0.3) is 0 Å². The van der Waals surface area contributed by atoms with Gasteiger partial charge in [-0.25, -0.2) is 9.18 Å². The molecule has 116 valence electrons. The van der Waals surface area contributed by atoms with Gasteiger partial charge in [0.05, 0.1) is 6.04 Å². The van der Waals surface area contributed by atoms with Gasteiger partial charge in [-0.3, -0.25) is 0 Å². The van der Waals surface area contributed by atoms with Crippen LogP contribution in [0.25, 0.3) is 0 Å². The molecule has 1 aromatic carbocycles. The number of benzene rings is 1. The first-order valence-corrected chi connectivity index (χ1v) is 7.23. The van der Waals surface area contributed by atoms with Gasteiger partial charge in [0.2, 0.25) is 0 Å². The largest absolute Gasteiger partial charge is 0.444 e. The number of nitrogens with zero attached hydrogens (tertiary/aromatic N) is 1. The van der Waals surface area contributed by atoms with Crippen LogP contribution >= 0.6 is 0 Å². The number of piperazine rings is 1. The highest BCUT2D eigenvalue weighted by molar-refractivity contribution is 5.68. The molecule has 1 atom stereocenters. The first kappa shape index (κ1) is 15.8. The lowest BCUT2D eigenvalue weighted by molar-refractivity contribution is 0.0194. The van der Waals surface area contributed by atoms with Gasteiger partial charge in [0.15, 0.2) is 0 Å². The van der Waals surface area contributed by atoms with Gasteiger partial charge < -0.3 is 15.0 Å². The molecular formula is C16H23FN2O2. The number of carbonyl (C=O) groups excluding carboxylic acids is 1. The van der Waals surface area contributed by atoms with Gasteiger partial charge >= 0.3 is 6.09 Å². The fraction of sp³-hybridized carbons (Fsp3) is 0.562. The standard InChI is InChI=1S/C16H23FN2O2/c1-11-5-6-13(17)12(9-11)14-10-19(8-7-18-14)15(20)21-16(2,3)4/h5-6,9,14,18H,7-8,10H2,1-4H3. The molecule has 0 spiro atoms. The number of halogens is 1. The van der Waals surface area contributed by atoms with Crippen molar-refractivity contribution in [1.29, 1.82) is 0 Å². The maximum Gasteiger partial charge on any atom is 0.410 e. The van der Waals surface area contributed by atoms with E-state index in [9.17, 15) is 9.18 Å². The number of aryl methyl sites for hydroxylation is 1. The predicted molar refractivity (Wildman–Crippen MR) is 79.7 cm³/mol. The molecule has 0 bridgehead atoms. The molecule has 1 N–H and O–H groups in total. The number of ether oxygens (including phenoxy) is 1. The summed E-state index contributed by atoms with van der Waals surface area (Å²) in [7, 11) is 0. The third-order valence-corrected chi connectivity index (χ3v) is 3.35. The van der Waals surface area contributed by atoms with Gasteiger partial charge in [0, 0.05) is 25.2 Å². The normalized spacial score (nSPS) is 19.5. The quantitative estimate of drug-likeness (QED) is 0.865. The Hall–Kier alpha value is -1.62. The van der Waals surface area contributed by atoms with Crippen molar-refractivity contribution < 1.29 is 13.9 Å². The second kappa shape index (κ2) is 6.02. The molecule has 0 aromatic heterocycles. The molecule has 5 heteroatoms. The summed E-state index contributed by atoms with van der Waals surface area (Å²) >= 11 is 0. The van der Waals surface area contributed by atoms with E-state index in [2.05, 4.69) is 5.32 Å². The first-order valence-electron chi connectivity index (χ1n) is 7.23. The number of hydrogen-bond donors (Lipinski definition) is 1. The van der Waals surface area contributed by atoms with E-state index in [-0.39, 0.29) is 18.0 Å². The Bertz CT molecular complexity index is 525. The molecule has 1 amide bonds. The van der Waals surface area contributed by atoms with E-state index in [1.807, 2.05) is 33.8 Å². The van der Waals surface area contributed by atoms with Gasteiger partial charge in [0.1, 0.15) is 11.4 Å². The van der Waals surface area contributed by atoms with Crippen LogP contribution in [0.15, 0.2) is 18.2 Å². The molecule has 0 saturated carbocycles. The minimum Gasteiger partial charge on any atom is -0.444 e. The fourth-order valence-electron chi connectivity index (χ4n) is 2.38. The monoisotopic (exact) mass is 294 g/mol. The first-order chi connectivity index (χ1) is 9.76. The molecule has 1 heterocycles. The Balaban J connectivity index is 2.10. The van der Waals surface area contributed by atoms with E-state index in [1.54, 1.807) is 11.0 Å². The fourth-order valence-corrected chi connectivity index (χ4v) is 2.38. The third-order valence-electron chi connectivity index (χ3n) is 3.35. The zero-order valence-corrected chi connectivity index (χ0v) is 13.1. The van der Waals surface area contributed by atoms with Gasteiger partial charge in [-0.15, -0.1) is 0 Å². The van der Waals surface area contributed by atoms with E-state index in [0.717, 1.165) is 5.56 Å². The highest BCUT2D eigenvalue weighted by atomic mass is 19.1. The lowest BCUT2D eigenvalue weighted by Gasteiger charge is -2.35. The summed E-state index contributed by atoms with van der Waals surface area (Å²) in [5.41, 5.74) is 1.08. The molecule has 21 heavy (non-hydrogen) atoms. The smallest absolute Gasteiger partial charge is 0.410 e. The number of hydrogen-bond acceptors (Lipinski definition) is 3. The van der Waals surface area contributed by atoms with E-state index in [0.29, 0.717) is 25.2 Å². The van der Waals surface area contributed by atoms with Crippen LogP contribution in [0.4, 0.5) is 9.18 Å². The molecular weight excluding hydrogens is 271 g/mol. The summed E-state index contributed by atoms with van der Waals surface area (Å²) in [5, 5.41) is 3.26. The van der Waals surface area contributed by atoms with Gasteiger partial charge in [-0.05, 0) is 33.8 Å². The Labute approximate surface area is 125 Å². The van der Waals surface area contributed by atoms with E-state index >= 15 is 0 Å². The van der Waals surface area contributed by atoms with E-state index in [4.69, 9.17) is 4.74 Å². The average Bonchev–Trinajstić information content (AvgIpc) is 2.40. The van der Waals surface area contributed by atoms with Crippen molar-refractivity contribution in [3.63, 3.8) is 0 Å². The van der Waals surface area contributed by atoms with Crippen LogP contribution in [-0.4, -0.2) is 36.2 Å². The zero-order chi connectivity index (χ0) is 15.6. The SMILES string of the molecule is Cc1ccc(F)c(C2CN(C(=O)OC(C)(C)C)CCN2)c1. The van der Waals surface area contributed by atoms with Crippen molar-refractivity contribution in [2.45, 2.75) is 39.3 Å². The number of rotatable bonds is 1. The van der Waals surface area contributed by atoms with Crippen LogP contribution in [0.3, 0.4) is 0 Å². The third kappa shape index (κ3) is 4.17. The zero-order valence-electron chi connectivity index (χ0n) is 13.1. The highest BCUT2D eigenvalue weighted by Gasteiger charge is 2.29. The average molecular weight is 294 g/mol. The van der Waals surface area contributed by atoms with E-state index in [1.165, 1.54) is 6.07 Å². The lowest BCUT2D eigenvalue weighted by atomic mass is 10.0. The Morgan fingerprint density at radius 3 is 2.81 bits per heavy atom. The second-order valence-electron chi connectivity index (χ2n) is 6.46. The molecule has 2 rings (SSSR count). The summed E-state index contributed by atoms with van der Waals surface area (Å²) < 4.78 is 19.4. The summed E-state index contributed by atoms with van der Waals surface area (Å²) in [4.78, 5) is 13.8. The molecule has 1 saturated heterocycles. The molecule has 0 aliphatic carbocycles. The summed E-state index contributed by atoms with van der Waals surface area (Å²) in [6, 6.07) is 4.84. The number of nitrogens with one attached hydrogen (secondary N) is 1. The topological polar surface area (TPSA) is 41.6 Å². The van der Waals surface area contributed by atoms with Crippen molar-refractivity contribution >= 4 is 6.09 Å². The number of carbonyl (C=O) groups is 1. The predicted octanol–water partition coefficient (Wildman–Crippen LogP) is 3.02. The van der Waals surface area contributed by atoms with Crippen molar-refractivity contribution in [2.24, 2.45) is 0 Å². The molecule has 4 nitrogen and oxygen atoms in total. The number of amides is 1. The molecule has 1 aromatic rings. The highest BCUT2D eigenvalue weighted by Crippen LogP contribution is 2.22. The van der Waals surface area contributed by atoms with Crippen LogP contribution in [0.5, 0.6) is 0 Å². The lowest BCUT2D eigenvalue weighted by Crippen LogP contribution is -2.49. The second-order valence-corrected chi connectivity index (χ2v) is 6.46. The van der Waals surface area contributed by atoms with Crippen LogP contribution < -0.4 is 5.32 Å². The molecule has 0 radical (unpaired) electrons. The van der Waals surface area contributed by atoms with Crippen LogP contribution in [-0.2, 0) is 4.74 Å². The maximum absolute atomic E-state index is 14.0. The van der Waals surface area contributed by atoms with Crippen molar-refractivity contribution in [2.75, 3.05) is 19.6 Å². The van der Waals surface area contributed by atoms with Crippen LogP contribution in [0, 0.1) is 12.7 Å². The Morgan fingerprint density at radius 2 is 2.14 bits per heavy atom. The minimum atomic E-state index is -0.522. The molecule has 1 aliphatic heterocycles. The van der Waals surface area contributed by atoms with Crippen molar-refractivity contribution in [1.82, 2.24) is 10.2 Å². The van der Waals surface area contributed by atoms with Gasteiger partial charge in [-0.1, -0.05) is 17.7 Å². The molecule has 1 unspecified atom stereocenters. The molecule has 1 aliphatic rings. The molecule has 1 fully saturated rings. The van der Waals surface area contributed by atoms with E-state index < -0.39 is 5.60 Å². The van der Waals surface area contributed by atoms with Crippen molar-refractivity contribution in [3.8, 4) is 0 Å². The summed E-state index contributed by atoms with van der Waals surface area (Å²) in [6.45, 7) is 9.04. The Kier molecular flexibility index (Phi) is 4.52. The Morgan fingerprint density at radius 1 is 1.43 bits per heavy atom. The van der Waals surface area contributed by atoms with Gasteiger partial charge in [-0.2, -0.15) is 0 Å². The summed E-state index contributed by atoms with van der Waals surface area (Å²) in [5.74, 6) is -0.246.